The molecule has 0 spiro atoms. The van der Waals surface area contributed by atoms with Gasteiger partial charge in [-0.05, 0) is 14.1 Å². The molecule has 0 atom stereocenters. The zero-order chi connectivity index (χ0) is 12.3. The van der Waals surface area contributed by atoms with E-state index in [4.69, 9.17) is 0 Å². The third-order valence-electron chi connectivity index (χ3n) is 1.90. The molecule has 0 aliphatic heterocycles. The van der Waals surface area contributed by atoms with E-state index in [9.17, 15) is 18.0 Å². The van der Waals surface area contributed by atoms with E-state index in [1.54, 1.807) is 19.0 Å². The number of hydrogen-bond donors (Lipinski definition) is 0. The molecule has 1 heterocycles. The van der Waals surface area contributed by atoms with Crippen LogP contribution in [0, 0.1) is 0 Å². The van der Waals surface area contributed by atoms with Crippen molar-refractivity contribution in [2.45, 2.75) is 12.7 Å². The molecular weight excluding hydrogens is 225 g/mol. The third-order valence-corrected chi connectivity index (χ3v) is 1.90. The highest BCUT2D eigenvalue weighted by Gasteiger charge is 2.39. The Bertz CT molecular complexity index is 372. The molecule has 16 heavy (non-hydrogen) atoms. The van der Waals surface area contributed by atoms with Crippen molar-refractivity contribution < 1.29 is 18.0 Å². The van der Waals surface area contributed by atoms with Gasteiger partial charge in [0.2, 0.25) is 0 Å². The van der Waals surface area contributed by atoms with Crippen LogP contribution in [0.1, 0.15) is 16.2 Å². The summed E-state index contributed by atoms with van der Waals surface area (Å²) in [7, 11) is 3.45. The van der Waals surface area contributed by atoms with Gasteiger partial charge in [-0.25, -0.2) is 4.68 Å². The van der Waals surface area contributed by atoms with Crippen LogP contribution in [0.2, 0.25) is 0 Å². The highest BCUT2D eigenvalue weighted by molar-refractivity contribution is 5.73. The van der Waals surface area contributed by atoms with Crippen LogP contribution in [-0.4, -0.2) is 46.8 Å². The van der Waals surface area contributed by atoms with Gasteiger partial charge < -0.3 is 4.90 Å². The molecule has 0 aromatic carbocycles. The van der Waals surface area contributed by atoms with E-state index >= 15 is 0 Å². The van der Waals surface area contributed by atoms with Crippen molar-refractivity contribution in [3.63, 3.8) is 0 Å². The van der Waals surface area contributed by atoms with Gasteiger partial charge in [0, 0.05) is 6.54 Å². The number of carbonyl (C=O) groups excluding carboxylic acids is 1. The minimum atomic E-state index is -4.62. The predicted octanol–water partition coefficient (Wildman–Crippen LogP) is 0.671. The summed E-state index contributed by atoms with van der Waals surface area (Å²) in [6.45, 7) is 0.410. The van der Waals surface area contributed by atoms with Crippen molar-refractivity contribution >= 4 is 6.29 Å². The van der Waals surface area contributed by atoms with Crippen LogP contribution in [0.25, 0.3) is 0 Å². The highest BCUT2D eigenvalue weighted by atomic mass is 19.4. The van der Waals surface area contributed by atoms with Crippen molar-refractivity contribution in [1.82, 2.24) is 19.9 Å². The molecule has 0 saturated heterocycles. The second kappa shape index (κ2) is 4.60. The molecule has 0 aliphatic carbocycles. The summed E-state index contributed by atoms with van der Waals surface area (Å²) in [4.78, 5) is 12.1. The zero-order valence-corrected chi connectivity index (χ0v) is 8.82. The summed E-state index contributed by atoms with van der Waals surface area (Å²) in [6.07, 6.45) is -4.56. The number of rotatable bonds is 4. The van der Waals surface area contributed by atoms with Crippen LogP contribution in [0.5, 0.6) is 0 Å². The van der Waals surface area contributed by atoms with Crippen LogP contribution >= 0.6 is 0 Å². The van der Waals surface area contributed by atoms with Crippen molar-refractivity contribution in [3.8, 4) is 0 Å². The molecule has 0 saturated carbocycles. The van der Waals surface area contributed by atoms with E-state index in [0.29, 0.717) is 11.2 Å². The molecule has 0 radical (unpaired) electrons. The first-order valence-electron chi connectivity index (χ1n) is 4.47. The first-order chi connectivity index (χ1) is 7.36. The fraction of sp³-hybridized carbons (Fsp3) is 0.625. The van der Waals surface area contributed by atoms with Gasteiger partial charge in [0.25, 0.3) is 0 Å². The lowest BCUT2D eigenvalue weighted by Gasteiger charge is -2.12. The van der Waals surface area contributed by atoms with Crippen LogP contribution in [-0.2, 0) is 12.7 Å². The molecule has 0 aliphatic rings. The molecule has 1 rings (SSSR count). The molecule has 0 unspecified atom stereocenters. The molecule has 1 aromatic heterocycles. The predicted molar refractivity (Wildman–Crippen MR) is 49.0 cm³/mol. The fourth-order valence-corrected chi connectivity index (χ4v) is 1.15. The van der Waals surface area contributed by atoms with Gasteiger partial charge in [-0.2, -0.15) is 13.2 Å². The Balaban J connectivity index is 3.01. The van der Waals surface area contributed by atoms with Gasteiger partial charge in [-0.3, -0.25) is 4.79 Å². The minimum absolute atomic E-state index is 0.0304. The molecular formula is C8H11F3N4O. The average molecular weight is 236 g/mol. The number of aromatic nitrogens is 3. The number of halogens is 3. The van der Waals surface area contributed by atoms with Crippen molar-refractivity contribution in [3.05, 3.63) is 11.4 Å². The normalized spacial score (nSPS) is 12.1. The SMILES string of the molecule is CN(C)CCn1nnc(C=O)c1C(F)(F)F. The Morgan fingerprint density at radius 3 is 2.50 bits per heavy atom. The number of alkyl halides is 3. The summed E-state index contributed by atoms with van der Waals surface area (Å²) in [6, 6.07) is 0. The van der Waals surface area contributed by atoms with E-state index in [-0.39, 0.29) is 12.8 Å². The van der Waals surface area contributed by atoms with Crippen LogP contribution in [0.4, 0.5) is 13.2 Å². The average Bonchev–Trinajstić information content (AvgIpc) is 2.56. The molecule has 90 valence electrons. The van der Waals surface area contributed by atoms with Gasteiger partial charge in [0.1, 0.15) is 0 Å². The Morgan fingerprint density at radius 1 is 1.44 bits per heavy atom. The second-order valence-electron chi connectivity index (χ2n) is 3.47. The number of nitrogens with zero attached hydrogens (tertiary/aromatic N) is 4. The molecule has 0 amide bonds. The largest absolute Gasteiger partial charge is 0.435 e. The lowest BCUT2D eigenvalue weighted by Crippen LogP contribution is -2.23. The number of carbonyl (C=O) groups is 1. The zero-order valence-electron chi connectivity index (χ0n) is 8.82. The Labute approximate surface area is 89.8 Å². The quantitative estimate of drug-likeness (QED) is 0.721. The minimum Gasteiger partial charge on any atom is -0.308 e. The highest BCUT2D eigenvalue weighted by Crippen LogP contribution is 2.30. The van der Waals surface area contributed by atoms with Crippen molar-refractivity contribution in [1.29, 1.82) is 0 Å². The number of likely N-dealkylation sites (N-methyl/N-ethyl adjacent to an activating group) is 1. The van der Waals surface area contributed by atoms with Gasteiger partial charge in [0.05, 0.1) is 6.54 Å². The first kappa shape index (κ1) is 12.6. The number of aldehydes is 1. The maximum Gasteiger partial charge on any atom is 0.435 e. The number of hydrogen-bond acceptors (Lipinski definition) is 4. The fourth-order valence-electron chi connectivity index (χ4n) is 1.15. The maximum absolute atomic E-state index is 12.6. The Kier molecular flexibility index (Phi) is 3.63. The second-order valence-corrected chi connectivity index (χ2v) is 3.47. The van der Waals surface area contributed by atoms with E-state index in [2.05, 4.69) is 10.3 Å². The standard InChI is InChI=1S/C8H11F3N4O/c1-14(2)3-4-15-7(8(9,10)11)6(5-16)12-13-15/h5H,3-4H2,1-2H3. The topological polar surface area (TPSA) is 51.0 Å². The molecule has 8 heteroatoms. The molecule has 1 aromatic rings. The lowest BCUT2D eigenvalue weighted by molar-refractivity contribution is -0.144. The van der Waals surface area contributed by atoms with Crippen molar-refractivity contribution in [2.24, 2.45) is 0 Å². The maximum atomic E-state index is 12.6. The van der Waals surface area contributed by atoms with Gasteiger partial charge in [-0.1, -0.05) is 5.21 Å². The molecule has 0 N–H and O–H groups in total. The van der Waals surface area contributed by atoms with E-state index in [1.165, 1.54) is 0 Å². The van der Waals surface area contributed by atoms with Crippen LogP contribution in [0.3, 0.4) is 0 Å². The first-order valence-corrected chi connectivity index (χ1v) is 4.47. The molecule has 0 fully saturated rings. The van der Waals surface area contributed by atoms with Crippen LogP contribution in [0.15, 0.2) is 0 Å². The summed E-state index contributed by atoms with van der Waals surface area (Å²) in [5.41, 5.74) is -1.77. The Morgan fingerprint density at radius 2 is 2.06 bits per heavy atom. The lowest BCUT2D eigenvalue weighted by atomic mass is 10.3. The monoisotopic (exact) mass is 236 g/mol. The van der Waals surface area contributed by atoms with Gasteiger partial charge >= 0.3 is 6.18 Å². The summed E-state index contributed by atoms with van der Waals surface area (Å²) < 4.78 is 38.4. The molecule has 5 nitrogen and oxygen atoms in total. The van der Waals surface area contributed by atoms with E-state index < -0.39 is 17.6 Å². The van der Waals surface area contributed by atoms with Gasteiger partial charge in [0.15, 0.2) is 17.7 Å². The summed E-state index contributed by atoms with van der Waals surface area (Å²) in [5.74, 6) is 0. The van der Waals surface area contributed by atoms with Gasteiger partial charge in [-0.15, -0.1) is 5.10 Å². The Hall–Kier alpha value is -1.44. The van der Waals surface area contributed by atoms with Crippen molar-refractivity contribution in [2.75, 3.05) is 20.6 Å². The summed E-state index contributed by atoms with van der Waals surface area (Å²) in [5, 5.41) is 6.50. The van der Waals surface area contributed by atoms with Crippen LogP contribution < -0.4 is 0 Å². The summed E-state index contributed by atoms with van der Waals surface area (Å²) >= 11 is 0. The third kappa shape index (κ3) is 2.78. The molecule has 0 bridgehead atoms. The smallest absolute Gasteiger partial charge is 0.308 e. The van der Waals surface area contributed by atoms with E-state index in [1.807, 2.05) is 0 Å². The van der Waals surface area contributed by atoms with E-state index in [0.717, 1.165) is 0 Å².